The number of unbranched alkanes of at least 4 members (excludes halogenated alkanes) is 1. The van der Waals surface area contributed by atoms with E-state index in [1.54, 1.807) is 6.20 Å². The van der Waals surface area contributed by atoms with Crippen molar-refractivity contribution in [2.75, 3.05) is 20.3 Å². The Kier molecular flexibility index (Phi) is 6.27. The van der Waals surface area contributed by atoms with E-state index in [0.717, 1.165) is 6.42 Å². The fraction of sp³-hybridized carbons (Fsp3) is 0.750. The summed E-state index contributed by atoms with van der Waals surface area (Å²) in [6.07, 6.45) is 3.01. The first-order valence-corrected chi connectivity index (χ1v) is 6.33. The number of hydrogen-bond donors (Lipinski definition) is 1. The summed E-state index contributed by atoms with van der Waals surface area (Å²) < 4.78 is 11.6. The molecule has 0 aliphatic heterocycles. The Hall–Kier alpha value is -1.63. The summed E-state index contributed by atoms with van der Waals surface area (Å²) in [5.41, 5.74) is 0. The Labute approximate surface area is 112 Å². The highest BCUT2D eigenvalue weighted by Crippen LogP contribution is 2.20. The molecule has 19 heavy (non-hydrogen) atoms. The van der Waals surface area contributed by atoms with Gasteiger partial charge in [0.1, 0.15) is 0 Å². The van der Waals surface area contributed by atoms with Crippen molar-refractivity contribution in [1.82, 2.24) is 15.0 Å². The van der Waals surface area contributed by atoms with E-state index >= 15 is 0 Å². The van der Waals surface area contributed by atoms with Crippen molar-refractivity contribution in [2.45, 2.75) is 32.7 Å². The zero-order chi connectivity index (χ0) is 14.3. The van der Waals surface area contributed by atoms with Crippen LogP contribution in [0, 0.1) is 5.92 Å². The number of aliphatic hydroxyl groups excluding tert-OH is 1. The Morgan fingerprint density at radius 2 is 2.21 bits per heavy atom. The molecule has 7 nitrogen and oxygen atoms in total. The van der Waals surface area contributed by atoms with Gasteiger partial charge in [-0.1, -0.05) is 24.2 Å². The maximum Gasteiger partial charge on any atom is 0.330 e. The lowest BCUT2D eigenvalue weighted by Crippen LogP contribution is -2.26. The number of nitrogens with zero attached hydrogens (tertiary/aromatic N) is 3. The summed E-state index contributed by atoms with van der Waals surface area (Å²) in [6.45, 7) is 4.42. The monoisotopic (exact) mass is 271 g/mol. The summed E-state index contributed by atoms with van der Waals surface area (Å²) in [4.78, 5) is 11.7. The first-order valence-electron chi connectivity index (χ1n) is 6.33. The highest BCUT2D eigenvalue weighted by atomic mass is 16.5. The number of aromatic nitrogens is 3. The fourth-order valence-corrected chi connectivity index (χ4v) is 1.66. The van der Waals surface area contributed by atoms with Gasteiger partial charge in [-0.05, 0) is 18.8 Å². The second kappa shape index (κ2) is 7.73. The molecule has 1 N–H and O–H groups in total. The molecule has 0 aromatic carbocycles. The first-order chi connectivity index (χ1) is 9.10. The summed E-state index contributed by atoms with van der Waals surface area (Å²) >= 11 is 0. The number of hydrogen-bond acceptors (Lipinski definition) is 6. The van der Waals surface area contributed by atoms with Crippen LogP contribution in [0.15, 0.2) is 6.20 Å². The third-order valence-corrected chi connectivity index (χ3v) is 2.65. The normalized spacial score (nSPS) is 12.5. The maximum absolute atomic E-state index is 11.7. The van der Waals surface area contributed by atoms with Crippen LogP contribution < -0.4 is 4.74 Å². The topological polar surface area (TPSA) is 86.5 Å². The van der Waals surface area contributed by atoms with Gasteiger partial charge < -0.3 is 14.6 Å². The van der Waals surface area contributed by atoms with Gasteiger partial charge in [0.25, 0.3) is 5.88 Å². The van der Waals surface area contributed by atoms with E-state index in [4.69, 9.17) is 14.6 Å². The predicted octanol–water partition coefficient (Wildman–Crippen LogP) is 0.799. The van der Waals surface area contributed by atoms with Gasteiger partial charge >= 0.3 is 5.97 Å². The SMILES string of the molecule is COC(=O)C(C(C)C)n1cc(OCCCCO)nn1. The minimum atomic E-state index is -0.507. The van der Waals surface area contributed by atoms with Crippen LogP contribution >= 0.6 is 0 Å². The standard InChI is InChI=1S/C12H21N3O4/c1-9(2)11(12(17)18-3)15-8-10(13-14-15)19-7-5-4-6-16/h8-9,11,16H,4-7H2,1-3H3. The zero-order valence-corrected chi connectivity index (χ0v) is 11.6. The molecule has 0 radical (unpaired) electrons. The molecule has 1 aromatic rings. The molecular weight excluding hydrogens is 250 g/mol. The summed E-state index contributed by atoms with van der Waals surface area (Å²) in [7, 11) is 1.35. The zero-order valence-electron chi connectivity index (χ0n) is 11.6. The molecule has 0 amide bonds. The predicted molar refractivity (Wildman–Crippen MR) is 67.7 cm³/mol. The molecule has 1 atom stereocenters. The summed E-state index contributed by atoms with van der Waals surface area (Å²) in [6, 6.07) is -0.507. The highest BCUT2D eigenvalue weighted by Gasteiger charge is 2.26. The third kappa shape index (κ3) is 4.51. The van der Waals surface area contributed by atoms with Crippen LogP contribution in [0.25, 0.3) is 0 Å². The lowest BCUT2D eigenvalue weighted by Gasteiger charge is -2.17. The van der Waals surface area contributed by atoms with E-state index < -0.39 is 6.04 Å². The molecule has 1 rings (SSSR count). The van der Waals surface area contributed by atoms with Crippen LogP contribution in [-0.2, 0) is 9.53 Å². The first kappa shape index (κ1) is 15.4. The van der Waals surface area contributed by atoms with Gasteiger partial charge in [-0.2, -0.15) is 0 Å². The van der Waals surface area contributed by atoms with Crippen LogP contribution in [0.5, 0.6) is 5.88 Å². The van der Waals surface area contributed by atoms with Gasteiger partial charge in [-0.3, -0.25) is 0 Å². The minimum absolute atomic E-state index is 0.0383. The van der Waals surface area contributed by atoms with Crippen molar-refractivity contribution in [1.29, 1.82) is 0 Å². The van der Waals surface area contributed by atoms with Crippen molar-refractivity contribution < 1.29 is 19.4 Å². The van der Waals surface area contributed by atoms with Crippen LogP contribution in [0.1, 0.15) is 32.7 Å². The lowest BCUT2D eigenvalue weighted by molar-refractivity contribution is -0.146. The molecule has 0 aliphatic rings. The molecule has 0 saturated heterocycles. The third-order valence-electron chi connectivity index (χ3n) is 2.65. The van der Waals surface area contributed by atoms with E-state index in [0.29, 0.717) is 18.9 Å². The maximum atomic E-state index is 11.7. The number of carbonyl (C=O) groups excluding carboxylic acids is 1. The van der Waals surface area contributed by atoms with Crippen molar-refractivity contribution in [3.63, 3.8) is 0 Å². The Morgan fingerprint density at radius 3 is 2.79 bits per heavy atom. The quantitative estimate of drug-likeness (QED) is 0.556. The molecule has 0 fully saturated rings. The molecule has 1 heterocycles. The molecule has 1 unspecified atom stereocenters. The van der Waals surface area contributed by atoms with Gasteiger partial charge in [0.15, 0.2) is 6.04 Å². The van der Waals surface area contributed by atoms with Crippen LogP contribution in [-0.4, -0.2) is 46.4 Å². The van der Waals surface area contributed by atoms with E-state index in [2.05, 4.69) is 10.3 Å². The van der Waals surface area contributed by atoms with Crippen molar-refractivity contribution >= 4 is 5.97 Å². The molecule has 0 bridgehead atoms. The van der Waals surface area contributed by atoms with E-state index in [-0.39, 0.29) is 18.5 Å². The molecule has 0 aliphatic carbocycles. The molecule has 1 aromatic heterocycles. The smallest absolute Gasteiger partial charge is 0.330 e. The largest absolute Gasteiger partial charge is 0.475 e. The second-order valence-corrected chi connectivity index (χ2v) is 4.53. The molecule has 0 spiro atoms. The average Bonchev–Trinajstić information content (AvgIpc) is 2.82. The van der Waals surface area contributed by atoms with Crippen LogP contribution in [0.3, 0.4) is 0 Å². The Morgan fingerprint density at radius 1 is 1.47 bits per heavy atom. The van der Waals surface area contributed by atoms with E-state index in [9.17, 15) is 4.79 Å². The van der Waals surface area contributed by atoms with Gasteiger partial charge in [-0.15, -0.1) is 0 Å². The summed E-state index contributed by atoms with van der Waals surface area (Å²) in [5, 5.41) is 16.4. The number of rotatable bonds is 8. The van der Waals surface area contributed by atoms with Crippen molar-refractivity contribution in [3.05, 3.63) is 6.20 Å². The highest BCUT2D eigenvalue weighted by molar-refractivity contribution is 5.74. The minimum Gasteiger partial charge on any atom is -0.475 e. The van der Waals surface area contributed by atoms with Crippen LogP contribution in [0.2, 0.25) is 0 Å². The second-order valence-electron chi connectivity index (χ2n) is 4.53. The molecular formula is C12H21N3O4. The summed E-state index contributed by atoms with van der Waals surface area (Å²) in [5.74, 6) is 0.0515. The van der Waals surface area contributed by atoms with Gasteiger partial charge in [0.2, 0.25) is 0 Å². The number of ether oxygens (including phenoxy) is 2. The van der Waals surface area contributed by atoms with E-state index in [1.807, 2.05) is 13.8 Å². The van der Waals surface area contributed by atoms with Crippen molar-refractivity contribution in [2.24, 2.45) is 5.92 Å². The molecule has 7 heteroatoms. The van der Waals surface area contributed by atoms with Gasteiger partial charge in [0.05, 0.1) is 19.9 Å². The Bertz CT molecular complexity index is 392. The lowest BCUT2D eigenvalue weighted by atomic mass is 10.1. The fourth-order valence-electron chi connectivity index (χ4n) is 1.66. The van der Waals surface area contributed by atoms with Crippen molar-refractivity contribution in [3.8, 4) is 5.88 Å². The van der Waals surface area contributed by atoms with Gasteiger partial charge in [-0.25, -0.2) is 9.48 Å². The number of aliphatic hydroxyl groups is 1. The Balaban J connectivity index is 2.63. The number of carbonyl (C=O) groups is 1. The van der Waals surface area contributed by atoms with Gasteiger partial charge in [0, 0.05) is 6.61 Å². The molecule has 108 valence electrons. The van der Waals surface area contributed by atoms with E-state index in [1.165, 1.54) is 11.8 Å². The number of esters is 1. The van der Waals surface area contributed by atoms with Crippen LogP contribution in [0.4, 0.5) is 0 Å². The number of methoxy groups -OCH3 is 1. The average molecular weight is 271 g/mol. The molecule has 0 saturated carbocycles.